The quantitative estimate of drug-likeness (QED) is 0.874. The number of hydrogen-bond acceptors (Lipinski definition) is 6. The van der Waals surface area contributed by atoms with E-state index in [2.05, 4.69) is 34.7 Å². The van der Waals surface area contributed by atoms with Crippen LogP contribution in [0.5, 0.6) is 0 Å². The molecule has 5 nitrogen and oxygen atoms in total. The number of amides is 1. The Labute approximate surface area is 122 Å². The van der Waals surface area contributed by atoms with E-state index in [1.54, 1.807) is 0 Å². The molecule has 19 heavy (non-hydrogen) atoms. The van der Waals surface area contributed by atoms with Gasteiger partial charge in [0, 0.05) is 12.6 Å². The summed E-state index contributed by atoms with van der Waals surface area (Å²) in [7, 11) is 0. The first-order chi connectivity index (χ1) is 9.19. The summed E-state index contributed by atoms with van der Waals surface area (Å²) in [5, 5.41) is 15.3. The van der Waals surface area contributed by atoms with Crippen molar-refractivity contribution in [1.29, 1.82) is 0 Å². The first-order valence-electron chi connectivity index (χ1n) is 6.73. The van der Waals surface area contributed by atoms with E-state index in [9.17, 15) is 4.79 Å². The van der Waals surface area contributed by atoms with E-state index in [0.29, 0.717) is 6.04 Å². The summed E-state index contributed by atoms with van der Waals surface area (Å²) in [6, 6.07) is 0.395. The van der Waals surface area contributed by atoms with Crippen molar-refractivity contribution in [3.63, 3.8) is 0 Å². The molecule has 0 saturated carbocycles. The summed E-state index contributed by atoms with van der Waals surface area (Å²) in [6.45, 7) is 5.05. The molecule has 0 unspecified atom stereocenters. The molecule has 0 spiro atoms. The molecule has 1 amide bonds. The molecule has 2 rings (SSSR count). The van der Waals surface area contributed by atoms with Crippen molar-refractivity contribution in [1.82, 2.24) is 15.5 Å². The third-order valence-electron chi connectivity index (χ3n) is 3.12. The molecule has 1 saturated heterocycles. The molecule has 2 N–H and O–H groups in total. The van der Waals surface area contributed by atoms with Gasteiger partial charge in [-0.1, -0.05) is 36.4 Å². The molecule has 7 heteroatoms. The van der Waals surface area contributed by atoms with Crippen LogP contribution in [0.1, 0.15) is 39.5 Å². The maximum atomic E-state index is 11.9. The second-order valence-electron chi connectivity index (χ2n) is 4.72. The predicted octanol–water partition coefficient (Wildman–Crippen LogP) is 2.51. The molecular formula is C12H20N4OS2. The summed E-state index contributed by atoms with van der Waals surface area (Å²) in [5.74, 6) is 0.133. The fourth-order valence-corrected chi connectivity index (χ4v) is 3.95. The van der Waals surface area contributed by atoms with Crippen LogP contribution in [-0.2, 0) is 4.79 Å². The lowest BCUT2D eigenvalue weighted by Gasteiger charge is -2.10. The first kappa shape index (κ1) is 14.6. The molecule has 0 aliphatic carbocycles. The first-order valence-corrected chi connectivity index (χ1v) is 8.43. The molecule has 2 atom stereocenters. The number of rotatable bonds is 5. The maximum absolute atomic E-state index is 11.9. The zero-order valence-corrected chi connectivity index (χ0v) is 12.9. The largest absolute Gasteiger partial charge is 0.358 e. The predicted molar refractivity (Wildman–Crippen MR) is 79.8 cm³/mol. The number of aromatic nitrogens is 2. The van der Waals surface area contributed by atoms with Crippen LogP contribution in [-0.4, -0.2) is 33.9 Å². The van der Waals surface area contributed by atoms with E-state index >= 15 is 0 Å². The van der Waals surface area contributed by atoms with Crippen molar-refractivity contribution in [2.24, 2.45) is 0 Å². The third kappa shape index (κ3) is 4.35. The smallest absolute Gasteiger partial charge is 0.233 e. The second-order valence-corrected chi connectivity index (χ2v) is 7.15. The summed E-state index contributed by atoms with van der Waals surface area (Å²) in [4.78, 5) is 11.9. The Kier molecular flexibility index (Phi) is 5.45. The highest BCUT2D eigenvalue weighted by Gasteiger charge is 2.23. The Morgan fingerprint density at radius 3 is 3.16 bits per heavy atom. The van der Waals surface area contributed by atoms with Gasteiger partial charge in [0.25, 0.3) is 0 Å². The van der Waals surface area contributed by atoms with E-state index in [-0.39, 0.29) is 11.2 Å². The Hall–Kier alpha value is -0.820. The van der Waals surface area contributed by atoms with Crippen LogP contribution in [0.15, 0.2) is 4.34 Å². The van der Waals surface area contributed by atoms with Crippen LogP contribution in [0.25, 0.3) is 0 Å². The van der Waals surface area contributed by atoms with Gasteiger partial charge in [-0.2, -0.15) is 0 Å². The summed E-state index contributed by atoms with van der Waals surface area (Å²) in [5.41, 5.74) is 0. The number of carbonyl (C=O) groups is 1. The fourth-order valence-electron chi connectivity index (χ4n) is 1.77. The minimum Gasteiger partial charge on any atom is -0.358 e. The van der Waals surface area contributed by atoms with Crippen molar-refractivity contribution >= 4 is 34.1 Å². The van der Waals surface area contributed by atoms with Gasteiger partial charge in [-0.15, -0.1) is 10.2 Å². The average Bonchev–Trinajstić information content (AvgIpc) is 2.73. The number of carbonyl (C=O) groups excluding carboxylic acids is 1. The van der Waals surface area contributed by atoms with Crippen molar-refractivity contribution in [3.05, 3.63) is 0 Å². The minimum atomic E-state index is -0.0214. The van der Waals surface area contributed by atoms with Crippen LogP contribution in [0.2, 0.25) is 0 Å². The third-order valence-corrected chi connectivity index (χ3v) is 5.32. The number of hydrogen-bond donors (Lipinski definition) is 2. The van der Waals surface area contributed by atoms with Crippen LogP contribution < -0.4 is 10.6 Å². The number of nitrogens with zero attached hydrogens (tertiary/aromatic N) is 2. The fraction of sp³-hybridized carbons (Fsp3) is 0.750. The molecule has 106 valence electrons. The number of nitrogens with one attached hydrogen (secondary N) is 2. The van der Waals surface area contributed by atoms with Crippen molar-refractivity contribution in [3.8, 4) is 0 Å². The van der Waals surface area contributed by atoms with Crippen molar-refractivity contribution < 1.29 is 4.79 Å². The topological polar surface area (TPSA) is 66.9 Å². The Morgan fingerprint density at radius 1 is 1.53 bits per heavy atom. The van der Waals surface area contributed by atoms with E-state index in [1.807, 2.05) is 0 Å². The molecule has 1 aromatic rings. The van der Waals surface area contributed by atoms with Gasteiger partial charge in [0.15, 0.2) is 4.34 Å². The standard InChI is InChI=1S/C12H20N4OS2/c1-3-8(2)14-11-15-16-12(19-11)18-9-6-4-5-7-13-10(9)17/h8-9H,3-7H2,1-2H3,(H,13,17)(H,14,15)/t8-,9-/m0/s1. The summed E-state index contributed by atoms with van der Waals surface area (Å²) in [6.07, 6.45) is 4.13. The average molecular weight is 300 g/mol. The van der Waals surface area contributed by atoms with Crippen molar-refractivity contribution in [2.75, 3.05) is 11.9 Å². The van der Waals surface area contributed by atoms with Gasteiger partial charge in [-0.05, 0) is 26.2 Å². The molecule has 0 aromatic carbocycles. The summed E-state index contributed by atoms with van der Waals surface area (Å²) < 4.78 is 0.868. The lowest BCUT2D eigenvalue weighted by atomic mass is 10.2. The highest BCUT2D eigenvalue weighted by atomic mass is 32.2. The number of thioether (sulfide) groups is 1. The zero-order chi connectivity index (χ0) is 13.7. The van der Waals surface area contributed by atoms with E-state index in [1.165, 1.54) is 23.1 Å². The SMILES string of the molecule is CC[C@H](C)Nc1nnc(S[C@H]2CCCCNC2=O)s1. The van der Waals surface area contributed by atoms with E-state index in [0.717, 1.165) is 41.7 Å². The Bertz CT molecular complexity index is 424. The molecule has 1 aliphatic heterocycles. The minimum absolute atomic E-state index is 0.0214. The Morgan fingerprint density at radius 2 is 2.37 bits per heavy atom. The number of anilines is 1. The molecular weight excluding hydrogens is 280 g/mol. The lowest BCUT2D eigenvalue weighted by molar-refractivity contribution is -0.120. The van der Waals surface area contributed by atoms with Gasteiger partial charge in [-0.25, -0.2) is 0 Å². The maximum Gasteiger partial charge on any atom is 0.233 e. The highest BCUT2D eigenvalue weighted by Crippen LogP contribution is 2.32. The zero-order valence-electron chi connectivity index (χ0n) is 11.3. The van der Waals surface area contributed by atoms with Gasteiger partial charge in [0.05, 0.1) is 5.25 Å². The van der Waals surface area contributed by atoms with Gasteiger partial charge in [0.2, 0.25) is 11.0 Å². The van der Waals surface area contributed by atoms with Crippen LogP contribution in [0.3, 0.4) is 0 Å². The van der Waals surface area contributed by atoms with Crippen LogP contribution >= 0.6 is 23.1 Å². The second kappa shape index (κ2) is 7.09. The van der Waals surface area contributed by atoms with Gasteiger partial charge < -0.3 is 10.6 Å². The molecule has 1 aliphatic rings. The Balaban J connectivity index is 1.93. The molecule has 0 radical (unpaired) electrons. The molecule has 1 fully saturated rings. The van der Waals surface area contributed by atoms with Gasteiger partial charge >= 0.3 is 0 Å². The van der Waals surface area contributed by atoms with E-state index in [4.69, 9.17) is 0 Å². The monoisotopic (exact) mass is 300 g/mol. The van der Waals surface area contributed by atoms with Crippen LogP contribution in [0.4, 0.5) is 5.13 Å². The molecule has 1 aromatic heterocycles. The van der Waals surface area contributed by atoms with Crippen LogP contribution in [0, 0.1) is 0 Å². The normalized spacial score (nSPS) is 21.6. The van der Waals surface area contributed by atoms with Crippen molar-refractivity contribution in [2.45, 2.75) is 55.2 Å². The molecule has 2 heterocycles. The van der Waals surface area contributed by atoms with Gasteiger partial charge in [0.1, 0.15) is 0 Å². The summed E-state index contributed by atoms with van der Waals surface area (Å²) >= 11 is 3.06. The highest BCUT2D eigenvalue weighted by molar-refractivity contribution is 8.02. The van der Waals surface area contributed by atoms with E-state index < -0.39 is 0 Å². The molecule has 0 bridgehead atoms. The lowest BCUT2D eigenvalue weighted by Crippen LogP contribution is -2.30. The van der Waals surface area contributed by atoms with Gasteiger partial charge in [-0.3, -0.25) is 4.79 Å².